The summed E-state index contributed by atoms with van der Waals surface area (Å²) < 4.78 is 5.78. The Morgan fingerprint density at radius 3 is 2.27 bits per heavy atom. The second-order valence-electron chi connectivity index (χ2n) is 4.83. The lowest BCUT2D eigenvalue weighted by molar-refractivity contribution is -0.118. The molecule has 0 unspecified atom stereocenters. The molecule has 2 heteroatoms. The summed E-state index contributed by atoms with van der Waals surface area (Å²) in [6.45, 7) is 5.95. The molecule has 1 saturated carbocycles. The molecule has 1 N–H and O–H groups in total. The van der Waals surface area contributed by atoms with Crippen molar-refractivity contribution in [3.8, 4) is 5.75 Å². The van der Waals surface area contributed by atoms with E-state index in [2.05, 4.69) is 19.9 Å². The van der Waals surface area contributed by atoms with Crippen molar-refractivity contribution in [2.75, 3.05) is 0 Å². The zero-order valence-corrected chi connectivity index (χ0v) is 9.58. The van der Waals surface area contributed by atoms with E-state index in [0.29, 0.717) is 0 Å². The van der Waals surface area contributed by atoms with Crippen molar-refractivity contribution >= 4 is 0 Å². The molecule has 82 valence electrons. The van der Waals surface area contributed by atoms with Crippen LogP contribution in [0.25, 0.3) is 0 Å². The third-order valence-electron chi connectivity index (χ3n) is 3.08. The molecule has 2 atom stereocenters. The fourth-order valence-corrected chi connectivity index (χ4v) is 2.03. The molecule has 2 nitrogen and oxygen atoms in total. The summed E-state index contributed by atoms with van der Waals surface area (Å²) in [5.74, 6) is 0.873. The van der Waals surface area contributed by atoms with E-state index in [1.165, 1.54) is 11.1 Å². The average Bonchev–Trinajstić information content (AvgIpc) is 2.11. The third kappa shape index (κ3) is 2.15. The van der Waals surface area contributed by atoms with Gasteiger partial charge in [0.1, 0.15) is 11.9 Å². The number of rotatable bonds is 2. The molecule has 0 saturated heterocycles. The van der Waals surface area contributed by atoms with Gasteiger partial charge in [0.05, 0.1) is 5.60 Å². The molecule has 2 rings (SSSR count). The summed E-state index contributed by atoms with van der Waals surface area (Å²) in [6, 6.07) is 6.15. The van der Waals surface area contributed by atoms with E-state index in [0.717, 1.165) is 18.6 Å². The predicted molar refractivity (Wildman–Crippen MR) is 60.2 cm³/mol. The van der Waals surface area contributed by atoms with E-state index in [1.54, 1.807) is 0 Å². The minimum absolute atomic E-state index is 0.0429. The van der Waals surface area contributed by atoms with Crippen LogP contribution in [0.4, 0.5) is 0 Å². The average molecular weight is 206 g/mol. The first-order valence-corrected chi connectivity index (χ1v) is 5.45. The summed E-state index contributed by atoms with van der Waals surface area (Å²) in [6.07, 6.45) is 1.74. The Morgan fingerprint density at radius 2 is 1.87 bits per heavy atom. The maximum absolute atomic E-state index is 9.85. The first-order valence-electron chi connectivity index (χ1n) is 5.45. The molecule has 1 aliphatic carbocycles. The van der Waals surface area contributed by atoms with Crippen LogP contribution in [0.5, 0.6) is 5.75 Å². The normalized spacial score (nSPS) is 29.7. The molecule has 1 aromatic rings. The Balaban J connectivity index is 2.11. The van der Waals surface area contributed by atoms with Gasteiger partial charge in [-0.25, -0.2) is 0 Å². The molecule has 0 spiro atoms. The lowest BCUT2D eigenvalue weighted by atomic mass is 9.78. The Bertz CT molecular complexity index is 349. The lowest BCUT2D eigenvalue weighted by Gasteiger charge is -2.42. The van der Waals surface area contributed by atoms with Crippen LogP contribution < -0.4 is 4.74 Å². The highest BCUT2D eigenvalue weighted by Crippen LogP contribution is 2.35. The van der Waals surface area contributed by atoms with Gasteiger partial charge in [-0.15, -0.1) is 0 Å². The van der Waals surface area contributed by atoms with Crippen molar-refractivity contribution in [1.29, 1.82) is 0 Å². The van der Waals surface area contributed by atoms with Crippen LogP contribution in [0.3, 0.4) is 0 Å². The van der Waals surface area contributed by atoms with E-state index < -0.39 is 5.60 Å². The molecule has 0 amide bonds. The minimum Gasteiger partial charge on any atom is -0.487 e. The van der Waals surface area contributed by atoms with E-state index in [-0.39, 0.29) is 6.10 Å². The standard InChI is InChI=1S/C13H18O2/c1-9-6-10(2)8-11(7-9)15-12-4-5-13(12,3)14/h6-8,12,14H,4-5H2,1-3H3/t12-,13-/m0/s1. The van der Waals surface area contributed by atoms with Gasteiger partial charge in [0.25, 0.3) is 0 Å². The first-order chi connectivity index (χ1) is 6.97. The van der Waals surface area contributed by atoms with E-state index >= 15 is 0 Å². The van der Waals surface area contributed by atoms with Gasteiger partial charge in [-0.3, -0.25) is 0 Å². The quantitative estimate of drug-likeness (QED) is 0.806. The maximum atomic E-state index is 9.85. The topological polar surface area (TPSA) is 29.5 Å². The fourth-order valence-electron chi connectivity index (χ4n) is 2.03. The number of ether oxygens (including phenoxy) is 1. The summed E-state index contributed by atoms with van der Waals surface area (Å²) in [5, 5.41) is 9.85. The van der Waals surface area contributed by atoms with Crippen LogP contribution in [0.2, 0.25) is 0 Å². The number of hydrogen-bond donors (Lipinski definition) is 1. The van der Waals surface area contributed by atoms with Gasteiger partial charge in [-0.05, 0) is 56.9 Å². The van der Waals surface area contributed by atoms with Crippen LogP contribution in [-0.2, 0) is 0 Å². The van der Waals surface area contributed by atoms with Crippen LogP contribution in [0.15, 0.2) is 18.2 Å². The van der Waals surface area contributed by atoms with Crippen molar-refractivity contribution in [1.82, 2.24) is 0 Å². The van der Waals surface area contributed by atoms with Gasteiger partial charge in [-0.1, -0.05) is 6.07 Å². The van der Waals surface area contributed by atoms with Crippen molar-refractivity contribution < 1.29 is 9.84 Å². The van der Waals surface area contributed by atoms with E-state index in [1.807, 2.05) is 19.1 Å². The molecule has 1 fully saturated rings. The maximum Gasteiger partial charge on any atom is 0.127 e. The van der Waals surface area contributed by atoms with Crippen LogP contribution in [-0.4, -0.2) is 16.8 Å². The van der Waals surface area contributed by atoms with Crippen LogP contribution in [0.1, 0.15) is 30.9 Å². The van der Waals surface area contributed by atoms with Crippen molar-refractivity contribution in [2.45, 2.75) is 45.3 Å². The first kappa shape index (κ1) is 10.5. The zero-order chi connectivity index (χ0) is 11.1. The highest BCUT2D eigenvalue weighted by molar-refractivity contribution is 5.33. The zero-order valence-electron chi connectivity index (χ0n) is 9.58. The van der Waals surface area contributed by atoms with E-state index in [9.17, 15) is 5.11 Å². The van der Waals surface area contributed by atoms with Gasteiger partial charge in [0.15, 0.2) is 0 Å². The van der Waals surface area contributed by atoms with Gasteiger partial charge in [-0.2, -0.15) is 0 Å². The number of benzene rings is 1. The summed E-state index contributed by atoms with van der Waals surface area (Å²) >= 11 is 0. The predicted octanol–water partition coefficient (Wildman–Crippen LogP) is 2.60. The van der Waals surface area contributed by atoms with Gasteiger partial charge >= 0.3 is 0 Å². The smallest absolute Gasteiger partial charge is 0.127 e. The second-order valence-corrected chi connectivity index (χ2v) is 4.83. The van der Waals surface area contributed by atoms with Crippen LogP contribution >= 0.6 is 0 Å². The Kier molecular flexibility index (Phi) is 2.47. The minimum atomic E-state index is -0.641. The van der Waals surface area contributed by atoms with Gasteiger partial charge in [0.2, 0.25) is 0 Å². The molecule has 0 aromatic heterocycles. The molecule has 0 bridgehead atoms. The third-order valence-corrected chi connectivity index (χ3v) is 3.08. The summed E-state index contributed by atoms with van der Waals surface area (Å²) in [5.41, 5.74) is 1.76. The van der Waals surface area contributed by atoms with E-state index in [4.69, 9.17) is 4.74 Å². The van der Waals surface area contributed by atoms with Gasteiger partial charge < -0.3 is 9.84 Å². The highest BCUT2D eigenvalue weighted by atomic mass is 16.5. The summed E-state index contributed by atoms with van der Waals surface area (Å²) in [7, 11) is 0. The molecule has 15 heavy (non-hydrogen) atoms. The van der Waals surface area contributed by atoms with Crippen molar-refractivity contribution in [3.63, 3.8) is 0 Å². The number of aliphatic hydroxyl groups is 1. The fraction of sp³-hybridized carbons (Fsp3) is 0.538. The largest absolute Gasteiger partial charge is 0.487 e. The molecule has 0 aliphatic heterocycles. The number of hydrogen-bond acceptors (Lipinski definition) is 2. The molecule has 0 radical (unpaired) electrons. The highest BCUT2D eigenvalue weighted by Gasteiger charge is 2.42. The summed E-state index contributed by atoms with van der Waals surface area (Å²) in [4.78, 5) is 0. The Hall–Kier alpha value is -1.02. The van der Waals surface area contributed by atoms with Crippen molar-refractivity contribution in [3.05, 3.63) is 29.3 Å². The molecular formula is C13H18O2. The lowest BCUT2D eigenvalue weighted by Crippen LogP contribution is -2.52. The van der Waals surface area contributed by atoms with Crippen LogP contribution in [0, 0.1) is 13.8 Å². The Labute approximate surface area is 90.9 Å². The molecule has 1 aromatic carbocycles. The Morgan fingerprint density at radius 1 is 1.27 bits per heavy atom. The SMILES string of the molecule is Cc1cc(C)cc(O[C@H]2CC[C@]2(C)O)c1. The monoisotopic (exact) mass is 206 g/mol. The molecular weight excluding hydrogens is 188 g/mol. The molecule has 1 aliphatic rings. The van der Waals surface area contributed by atoms with Crippen molar-refractivity contribution in [2.24, 2.45) is 0 Å². The van der Waals surface area contributed by atoms with Gasteiger partial charge in [0, 0.05) is 0 Å². The molecule has 0 heterocycles. The second kappa shape index (κ2) is 3.53. The number of aryl methyl sites for hydroxylation is 2.